The topological polar surface area (TPSA) is 0 Å². The molecule has 0 fully saturated rings. The van der Waals surface area contributed by atoms with Crippen molar-refractivity contribution in [3.63, 3.8) is 0 Å². The Balaban J connectivity index is 4.04. The second kappa shape index (κ2) is 8.14. The quantitative estimate of drug-likeness (QED) is 0.493. The van der Waals surface area contributed by atoms with Crippen LogP contribution in [-0.4, -0.2) is 0 Å². The van der Waals surface area contributed by atoms with Crippen LogP contribution in [-0.2, 0) is 0 Å². The molecule has 98 valence electrons. The molecular formula is C16H34. The molecule has 0 bridgehead atoms. The fraction of sp³-hybridized carbons (Fsp3) is 1.00. The van der Waals surface area contributed by atoms with Crippen LogP contribution in [0.2, 0.25) is 0 Å². The molecule has 0 nitrogen and oxygen atoms in total. The normalized spacial score (nSPS) is 17.8. The van der Waals surface area contributed by atoms with Crippen LogP contribution in [0.5, 0.6) is 0 Å². The van der Waals surface area contributed by atoms with Gasteiger partial charge < -0.3 is 0 Å². The van der Waals surface area contributed by atoms with Crippen molar-refractivity contribution < 1.29 is 0 Å². The van der Waals surface area contributed by atoms with E-state index in [1.165, 1.54) is 25.7 Å². The third-order valence-corrected chi connectivity index (χ3v) is 4.48. The molecule has 3 unspecified atom stereocenters. The number of hydrogen-bond donors (Lipinski definition) is 0. The second-order valence-electron chi connectivity index (χ2n) is 6.55. The van der Waals surface area contributed by atoms with Gasteiger partial charge in [0, 0.05) is 0 Å². The van der Waals surface area contributed by atoms with Crippen LogP contribution < -0.4 is 0 Å². The summed E-state index contributed by atoms with van der Waals surface area (Å²) in [5.74, 6) is 4.43. The molecule has 0 radical (unpaired) electrons. The molecule has 0 N–H and O–H groups in total. The van der Waals surface area contributed by atoms with Crippen LogP contribution in [0.15, 0.2) is 0 Å². The van der Waals surface area contributed by atoms with E-state index in [4.69, 9.17) is 0 Å². The van der Waals surface area contributed by atoms with Crippen LogP contribution in [0.4, 0.5) is 0 Å². The van der Waals surface area contributed by atoms with E-state index < -0.39 is 0 Å². The summed E-state index contributed by atoms with van der Waals surface area (Å²) in [6, 6.07) is 0. The van der Waals surface area contributed by atoms with Crippen molar-refractivity contribution in [2.45, 2.75) is 74.1 Å². The van der Waals surface area contributed by atoms with E-state index in [-0.39, 0.29) is 0 Å². The van der Waals surface area contributed by atoms with Crippen LogP contribution in [0, 0.1) is 29.6 Å². The lowest BCUT2D eigenvalue weighted by Crippen LogP contribution is -2.15. The molecule has 0 aromatic heterocycles. The van der Waals surface area contributed by atoms with E-state index in [1.54, 1.807) is 0 Å². The summed E-state index contributed by atoms with van der Waals surface area (Å²) < 4.78 is 0. The minimum atomic E-state index is 0.844. The molecule has 0 saturated carbocycles. The Morgan fingerprint density at radius 2 is 1.31 bits per heavy atom. The third kappa shape index (κ3) is 6.55. The average molecular weight is 226 g/mol. The lowest BCUT2D eigenvalue weighted by Gasteiger charge is -2.26. The van der Waals surface area contributed by atoms with Gasteiger partial charge in [0.25, 0.3) is 0 Å². The molecule has 0 aliphatic carbocycles. The van der Waals surface area contributed by atoms with Crippen molar-refractivity contribution in [1.29, 1.82) is 0 Å². The Hall–Kier alpha value is 0. The lowest BCUT2D eigenvalue weighted by atomic mass is 9.80. The summed E-state index contributed by atoms with van der Waals surface area (Å²) >= 11 is 0. The van der Waals surface area contributed by atoms with Crippen molar-refractivity contribution >= 4 is 0 Å². The van der Waals surface area contributed by atoms with Crippen molar-refractivity contribution in [2.75, 3.05) is 0 Å². The maximum absolute atomic E-state index is 2.41. The number of rotatable bonds is 8. The molecule has 0 spiro atoms. The number of hydrogen-bond acceptors (Lipinski definition) is 0. The molecule has 0 saturated heterocycles. The van der Waals surface area contributed by atoms with Gasteiger partial charge in [0.1, 0.15) is 0 Å². The van der Waals surface area contributed by atoms with E-state index in [0.29, 0.717) is 0 Å². The molecule has 0 aromatic carbocycles. The summed E-state index contributed by atoms with van der Waals surface area (Å²) in [7, 11) is 0. The van der Waals surface area contributed by atoms with E-state index in [1.807, 2.05) is 0 Å². The van der Waals surface area contributed by atoms with E-state index in [0.717, 1.165) is 29.6 Å². The first-order valence-electron chi connectivity index (χ1n) is 7.38. The van der Waals surface area contributed by atoms with Gasteiger partial charge >= 0.3 is 0 Å². The largest absolute Gasteiger partial charge is 0.0651 e. The fourth-order valence-electron chi connectivity index (χ4n) is 2.22. The predicted octanol–water partition coefficient (Wildman–Crippen LogP) is 5.77. The van der Waals surface area contributed by atoms with Crippen LogP contribution in [0.1, 0.15) is 74.1 Å². The van der Waals surface area contributed by atoms with Crippen molar-refractivity contribution in [2.24, 2.45) is 29.6 Å². The Bertz CT molecular complexity index is 157. The zero-order valence-corrected chi connectivity index (χ0v) is 12.7. The highest BCUT2D eigenvalue weighted by Crippen LogP contribution is 2.29. The van der Waals surface area contributed by atoms with Crippen LogP contribution >= 0.6 is 0 Å². The first kappa shape index (κ1) is 16.0. The van der Waals surface area contributed by atoms with Gasteiger partial charge in [0.15, 0.2) is 0 Å². The van der Waals surface area contributed by atoms with Gasteiger partial charge in [-0.1, -0.05) is 61.3 Å². The molecule has 0 aromatic rings. The molecule has 0 heterocycles. The molecule has 0 aliphatic rings. The van der Waals surface area contributed by atoms with E-state index >= 15 is 0 Å². The highest BCUT2D eigenvalue weighted by Gasteiger charge is 2.18. The van der Waals surface area contributed by atoms with Crippen LogP contribution in [0.25, 0.3) is 0 Å². The maximum Gasteiger partial charge on any atom is -0.0388 e. The average Bonchev–Trinajstić information content (AvgIpc) is 2.22. The minimum Gasteiger partial charge on any atom is -0.0651 e. The predicted molar refractivity (Wildman–Crippen MR) is 75.6 cm³/mol. The van der Waals surface area contributed by atoms with Gasteiger partial charge in [0.2, 0.25) is 0 Å². The molecule has 16 heavy (non-hydrogen) atoms. The van der Waals surface area contributed by atoms with Gasteiger partial charge in [0.05, 0.1) is 0 Å². The maximum atomic E-state index is 2.41. The highest BCUT2D eigenvalue weighted by atomic mass is 14.2. The summed E-state index contributed by atoms with van der Waals surface area (Å²) in [5, 5.41) is 0. The first-order valence-corrected chi connectivity index (χ1v) is 7.38. The monoisotopic (exact) mass is 226 g/mol. The molecular weight excluding hydrogens is 192 g/mol. The zero-order valence-electron chi connectivity index (χ0n) is 12.7. The smallest absolute Gasteiger partial charge is 0.0388 e. The SMILES string of the molecule is CCC(C)CC(CCC(C)C(C)C)C(C)C. The fourth-order valence-corrected chi connectivity index (χ4v) is 2.22. The van der Waals surface area contributed by atoms with Crippen molar-refractivity contribution in [3.05, 3.63) is 0 Å². The van der Waals surface area contributed by atoms with Crippen LogP contribution in [0.3, 0.4) is 0 Å². The lowest BCUT2D eigenvalue weighted by molar-refractivity contribution is 0.252. The molecule has 0 rings (SSSR count). The van der Waals surface area contributed by atoms with Gasteiger partial charge in [-0.3, -0.25) is 0 Å². The van der Waals surface area contributed by atoms with E-state index in [9.17, 15) is 0 Å². The summed E-state index contributed by atoms with van der Waals surface area (Å²) in [4.78, 5) is 0. The Morgan fingerprint density at radius 3 is 1.69 bits per heavy atom. The summed E-state index contributed by atoms with van der Waals surface area (Å²) in [6.07, 6.45) is 5.61. The summed E-state index contributed by atoms with van der Waals surface area (Å²) in [5.41, 5.74) is 0. The molecule has 0 amide bonds. The molecule has 0 aliphatic heterocycles. The second-order valence-corrected chi connectivity index (χ2v) is 6.55. The van der Waals surface area contributed by atoms with Gasteiger partial charge in [-0.05, 0) is 42.4 Å². The molecule has 0 heteroatoms. The highest BCUT2D eigenvalue weighted by molar-refractivity contribution is 4.69. The Kier molecular flexibility index (Phi) is 8.14. The van der Waals surface area contributed by atoms with Gasteiger partial charge in [-0.2, -0.15) is 0 Å². The Morgan fingerprint density at radius 1 is 0.750 bits per heavy atom. The minimum absolute atomic E-state index is 0.844. The first-order chi connectivity index (χ1) is 7.38. The van der Waals surface area contributed by atoms with Gasteiger partial charge in [-0.25, -0.2) is 0 Å². The van der Waals surface area contributed by atoms with Crippen molar-refractivity contribution in [3.8, 4) is 0 Å². The standard InChI is InChI=1S/C16H34/c1-8-14(6)11-16(13(4)5)10-9-15(7)12(2)3/h12-16H,8-11H2,1-7H3. The zero-order chi connectivity index (χ0) is 12.7. The molecule has 3 atom stereocenters. The Labute approximate surface area is 104 Å². The summed E-state index contributed by atoms with van der Waals surface area (Å²) in [6.45, 7) is 16.6. The van der Waals surface area contributed by atoms with Crippen molar-refractivity contribution in [1.82, 2.24) is 0 Å². The third-order valence-electron chi connectivity index (χ3n) is 4.48. The van der Waals surface area contributed by atoms with E-state index in [2.05, 4.69) is 48.5 Å². The van der Waals surface area contributed by atoms with Gasteiger partial charge in [-0.15, -0.1) is 0 Å².